The molecule has 0 saturated carbocycles. The van der Waals surface area contributed by atoms with Crippen LogP contribution in [-0.4, -0.2) is 0 Å². The Hall–Kier alpha value is -5.22. The largest absolute Gasteiger partial charge is 0.310 e. The number of anilines is 3. The number of benzene rings is 8. The molecular formula is C42H25NS2. The molecule has 0 spiro atoms. The summed E-state index contributed by atoms with van der Waals surface area (Å²) in [6.07, 6.45) is 0. The molecule has 0 amide bonds. The quantitative estimate of drug-likeness (QED) is 0.181. The van der Waals surface area contributed by atoms with Crippen LogP contribution in [0, 0.1) is 0 Å². The van der Waals surface area contributed by atoms with Gasteiger partial charge in [0.15, 0.2) is 0 Å². The fourth-order valence-electron chi connectivity index (χ4n) is 7.11. The second-order valence-corrected chi connectivity index (χ2v) is 13.9. The average molecular weight is 608 g/mol. The molecule has 10 rings (SSSR count). The van der Waals surface area contributed by atoms with E-state index in [9.17, 15) is 0 Å². The molecule has 0 radical (unpaired) electrons. The van der Waals surface area contributed by atoms with Crippen LogP contribution in [0.5, 0.6) is 0 Å². The maximum Gasteiger partial charge on any atom is 0.0476 e. The van der Waals surface area contributed by atoms with Crippen LogP contribution in [0.3, 0.4) is 0 Å². The van der Waals surface area contributed by atoms with Crippen LogP contribution in [0.2, 0.25) is 0 Å². The van der Waals surface area contributed by atoms with E-state index in [0.29, 0.717) is 0 Å². The van der Waals surface area contributed by atoms with Crippen molar-refractivity contribution in [1.29, 1.82) is 0 Å². The minimum absolute atomic E-state index is 1.15. The van der Waals surface area contributed by atoms with Crippen LogP contribution in [0.1, 0.15) is 0 Å². The maximum absolute atomic E-state index is 2.43. The molecule has 0 aliphatic carbocycles. The molecule has 2 heterocycles. The van der Waals surface area contributed by atoms with Crippen LogP contribution in [0.25, 0.3) is 72.7 Å². The van der Waals surface area contributed by atoms with E-state index in [2.05, 4.69) is 157 Å². The highest BCUT2D eigenvalue weighted by Gasteiger charge is 2.17. The van der Waals surface area contributed by atoms with Crippen molar-refractivity contribution in [3.63, 3.8) is 0 Å². The van der Waals surface area contributed by atoms with Crippen LogP contribution >= 0.6 is 22.7 Å². The first kappa shape index (κ1) is 25.1. The van der Waals surface area contributed by atoms with Gasteiger partial charge < -0.3 is 4.90 Å². The molecule has 0 aliphatic rings. The zero-order valence-corrected chi connectivity index (χ0v) is 25.8. The van der Waals surface area contributed by atoms with E-state index in [-0.39, 0.29) is 0 Å². The van der Waals surface area contributed by atoms with Gasteiger partial charge in [0.2, 0.25) is 0 Å². The first-order valence-electron chi connectivity index (χ1n) is 15.3. The third kappa shape index (κ3) is 3.85. The summed E-state index contributed by atoms with van der Waals surface area (Å²) >= 11 is 3.73. The molecule has 0 bridgehead atoms. The third-order valence-corrected chi connectivity index (χ3v) is 11.5. The molecule has 0 fully saturated rings. The summed E-state index contributed by atoms with van der Waals surface area (Å²) < 4.78 is 5.27. The summed E-state index contributed by atoms with van der Waals surface area (Å²) in [5, 5.41) is 13.0. The maximum atomic E-state index is 2.43. The first-order chi connectivity index (χ1) is 22.3. The molecule has 0 N–H and O–H groups in total. The number of nitrogens with zero attached hydrogens (tertiary/aromatic N) is 1. The van der Waals surface area contributed by atoms with Gasteiger partial charge in [-0.25, -0.2) is 0 Å². The van der Waals surface area contributed by atoms with E-state index in [4.69, 9.17) is 0 Å². The molecule has 45 heavy (non-hydrogen) atoms. The Kier molecular flexibility index (Phi) is 5.39. The van der Waals surface area contributed by atoms with Crippen molar-refractivity contribution < 1.29 is 0 Å². The summed E-state index contributed by atoms with van der Waals surface area (Å²) in [7, 11) is 0. The number of fused-ring (bicyclic) bond motifs is 11. The summed E-state index contributed by atoms with van der Waals surface area (Å²) in [4.78, 5) is 2.43. The molecule has 1 nitrogen and oxygen atoms in total. The van der Waals surface area contributed by atoms with E-state index in [1.54, 1.807) is 0 Å². The summed E-state index contributed by atoms with van der Waals surface area (Å²) in [5.74, 6) is 0. The number of hydrogen-bond donors (Lipinski definition) is 0. The highest BCUT2D eigenvalue weighted by molar-refractivity contribution is 7.26. The molecule has 3 heteroatoms. The van der Waals surface area contributed by atoms with Crippen molar-refractivity contribution in [2.45, 2.75) is 0 Å². The predicted octanol–water partition coefficient (Wildman–Crippen LogP) is 13.4. The van der Waals surface area contributed by atoms with Gasteiger partial charge in [0.05, 0.1) is 0 Å². The predicted molar refractivity (Wildman–Crippen MR) is 199 cm³/mol. The molecule has 0 unspecified atom stereocenters. The average Bonchev–Trinajstić information content (AvgIpc) is 3.66. The Morgan fingerprint density at radius 3 is 1.58 bits per heavy atom. The molecule has 210 valence electrons. The molecule has 0 saturated heterocycles. The SMILES string of the molecule is c1ccc2c(c1)ccc1c3ccc(N(c4ccc5c(c4)sc4ccccc45)c4ccc5sc6ccccc6c5c4)cc3ccc21. The van der Waals surface area contributed by atoms with E-state index >= 15 is 0 Å². The summed E-state index contributed by atoms with van der Waals surface area (Å²) in [5.41, 5.74) is 3.48. The zero-order chi connectivity index (χ0) is 29.5. The van der Waals surface area contributed by atoms with Gasteiger partial charge in [-0.3, -0.25) is 0 Å². The van der Waals surface area contributed by atoms with E-state index < -0.39 is 0 Å². The highest BCUT2D eigenvalue weighted by Crippen LogP contribution is 2.44. The van der Waals surface area contributed by atoms with Gasteiger partial charge in [-0.15, -0.1) is 22.7 Å². The van der Waals surface area contributed by atoms with Gasteiger partial charge in [-0.2, -0.15) is 0 Å². The standard InChI is InChI=1S/C42H25NS2/c1-2-8-31-26(7-1)13-18-34-32-20-15-28(23-27(32)14-19-33(31)34)43(29-17-22-41-38(24-29)36-10-4-6-12-40(36)44-41)30-16-21-37-35-9-3-5-11-39(35)45-42(37)25-30/h1-25H. The normalized spacial score (nSPS) is 12.0. The summed E-state index contributed by atoms with van der Waals surface area (Å²) in [6.45, 7) is 0. The molecule has 0 atom stereocenters. The lowest BCUT2D eigenvalue weighted by molar-refractivity contribution is 1.30. The highest BCUT2D eigenvalue weighted by atomic mass is 32.1. The number of rotatable bonds is 3. The van der Waals surface area contributed by atoms with Gasteiger partial charge in [-0.1, -0.05) is 97.1 Å². The zero-order valence-electron chi connectivity index (χ0n) is 24.2. The van der Waals surface area contributed by atoms with Crippen LogP contribution in [-0.2, 0) is 0 Å². The summed E-state index contributed by atoms with van der Waals surface area (Å²) in [6, 6.07) is 56.1. The monoisotopic (exact) mass is 607 g/mol. The smallest absolute Gasteiger partial charge is 0.0476 e. The van der Waals surface area contributed by atoms with Gasteiger partial charge in [0.1, 0.15) is 0 Å². The van der Waals surface area contributed by atoms with Crippen molar-refractivity contribution in [2.24, 2.45) is 0 Å². The third-order valence-electron chi connectivity index (χ3n) is 9.22. The number of thiophene rings is 2. The lowest BCUT2D eigenvalue weighted by atomic mass is 9.96. The van der Waals surface area contributed by atoms with Crippen molar-refractivity contribution in [2.75, 3.05) is 4.90 Å². The van der Waals surface area contributed by atoms with Crippen molar-refractivity contribution >= 4 is 112 Å². The van der Waals surface area contributed by atoms with Crippen molar-refractivity contribution in [3.8, 4) is 0 Å². The fourth-order valence-corrected chi connectivity index (χ4v) is 9.34. The number of hydrogen-bond acceptors (Lipinski definition) is 3. The van der Waals surface area contributed by atoms with E-state index in [1.165, 1.54) is 78.3 Å². The van der Waals surface area contributed by atoms with Crippen molar-refractivity contribution in [1.82, 2.24) is 0 Å². The molecule has 0 aliphatic heterocycles. The fraction of sp³-hybridized carbons (Fsp3) is 0. The minimum atomic E-state index is 1.15. The van der Waals surface area contributed by atoms with E-state index in [1.807, 2.05) is 22.7 Å². The lowest BCUT2D eigenvalue weighted by Gasteiger charge is -2.26. The molecule has 8 aromatic carbocycles. The van der Waals surface area contributed by atoms with Gasteiger partial charge in [-0.05, 0) is 86.9 Å². The van der Waals surface area contributed by atoms with Crippen LogP contribution < -0.4 is 4.90 Å². The second kappa shape index (κ2) is 9.64. The van der Waals surface area contributed by atoms with Gasteiger partial charge in [0, 0.05) is 57.4 Å². The molecule has 2 aromatic heterocycles. The molecule has 10 aromatic rings. The van der Waals surface area contributed by atoms with E-state index in [0.717, 1.165) is 11.4 Å². The Morgan fingerprint density at radius 1 is 0.289 bits per heavy atom. The minimum Gasteiger partial charge on any atom is -0.310 e. The Balaban J connectivity index is 1.21. The van der Waals surface area contributed by atoms with Gasteiger partial charge in [0.25, 0.3) is 0 Å². The Labute approximate surface area is 267 Å². The van der Waals surface area contributed by atoms with Crippen LogP contribution in [0.4, 0.5) is 17.1 Å². The Bertz CT molecular complexity index is 2780. The Morgan fingerprint density at radius 2 is 0.778 bits per heavy atom. The van der Waals surface area contributed by atoms with Crippen LogP contribution in [0.15, 0.2) is 152 Å². The second-order valence-electron chi connectivity index (χ2n) is 11.7. The topological polar surface area (TPSA) is 3.24 Å². The first-order valence-corrected chi connectivity index (χ1v) is 16.9. The molecular weight excluding hydrogens is 583 g/mol. The lowest BCUT2D eigenvalue weighted by Crippen LogP contribution is -2.09. The van der Waals surface area contributed by atoms with Crippen molar-refractivity contribution in [3.05, 3.63) is 152 Å². The van der Waals surface area contributed by atoms with Gasteiger partial charge >= 0.3 is 0 Å².